The van der Waals surface area contributed by atoms with E-state index in [2.05, 4.69) is 22.0 Å². The van der Waals surface area contributed by atoms with E-state index in [1.54, 1.807) is 7.11 Å². The van der Waals surface area contributed by atoms with Gasteiger partial charge >= 0.3 is 6.03 Å². The fourth-order valence-electron chi connectivity index (χ4n) is 3.55. The monoisotopic (exact) mass is 414 g/mol. The lowest BCUT2D eigenvalue weighted by molar-refractivity contribution is 0.262. The number of nitrogens with zero attached hydrogens (tertiary/aromatic N) is 1. The third kappa shape index (κ3) is 5.24. The van der Waals surface area contributed by atoms with Gasteiger partial charge in [-0.1, -0.05) is 24.3 Å². The smallest absolute Gasteiger partial charge is 0.323 e. The molecule has 0 aliphatic rings. The van der Waals surface area contributed by atoms with Gasteiger partial charge in [-0.3, -0.25) is 0 Å². The van der Waals surface area contributed by atoms with E-state index in [0.717, 1.165) is 45.7 Å². The van der Waals surface area contributed by atoms with Crippen molar-refractivity contribution in [1.29, 1.82) is 0 Å². The van der Waals surface area contributed by atoms with Crippen molar-refractivity contribution in [2.45, 2.75) is 13.1 Å². The largest absolute Gasteiger partial charge is 0.497 e. The molecule has 0 unspecified atom stereocenters. The first-order valence-corrected chi connectivity index (χ1v) is 10.2. The summed E-state index contributed by atoms with van der Waals surface area (Å²) in [7, 11) is 3.67. The van der Waals surface area contributed by atoms with Crippen molar-refractivity contribution in [3.63, 3.8) is 0 Å². The minimum atomic E-state index is -0.267. The fourth-order valence-corrected chi connectivity index (χ4v) is 3.55. The average Bonchev–Trinajstić information content (AvgIpc) is 3.14. The van der Waals surface area contributed by atoms with E-state index in [1.807, 2.05) is 84.5 Å². The number of aromatic nitrogens is 1. The van der Waals surface area contributed by atoms with E-state index in [4.69, 9.17) is 4.74 Å². The second-order valence-corrected chi connectivity index (χ2v) is 7.43. The minimum absolute atomic E-state index is 0.267. The quantitative estimate of drug-likeness (QED) is 0.393. The van der Waals surface area contributed by atoms with Gasteiger partial charge in [0.15, 0.2) is 0 Å². The number of anilines is 2. The number of fused-ring (bicyclic) bond motifs is 1. The number of hydrogen-bond donors (Lipinski definition) is 3. The van der Waals surface area contributed by atoms with Crippen LogP contribution in [-0.4, -0.2) is 17.7 Å². The number of rotatable bonds is 7. The highest BCUT2D eigenvalue weighted by Crippen LogP contribution is 2.20. The number of benzene rings is 3. The van der Waals surface area contributed by atoms with Gasteiger partial charge in [-0.2, -0.15) is 0 Å². The molecule has 6 nitrogen and oxygen atoms in total. The maximum Gasteiger partial charge on any atom is 0.323 e. The van der Waals surface area contributed by atoms with Crippen molar-refractivity contribution in [1.82, 2.24) is 9.88 Å². The van der Waals surface area contributed by atoms with E-state index < -0.39 is 0 Å². The first kappa shape index (κ1) is 20.5. The fraction of sp³-hybridized carbons (Fsp3) is 0.160. The Bertz CT molecular complexity index is 1200. The highest BCUT2D eigenvalue weighted by atomic mass is 16.5. The molecule has 4 aromatic rings. The zero-order chi connectivity index (χ0) is 21.6. The van der Waals surface area contributed by atoms with Crippen LogP contribution in [0.2, 0.25) is 0 Å². The molecule has 1 heterocycles. The minimum Gasteiger partial charge on any atom is -0.497 e. The number of urea groups is 1. The van der Waals surface area contributed by atoms with Gasteiger partial charge in [-0.05, 0) is 59.7 Å². The van der Waals surface area contributed by atoms with Crippen LogP contribution in [0.4, 0.5) is 16.2 Å². The molecule has 3 aromatic carbocycles. The van der Waals surface area contributed by atoms with Crippen LogP contribution >= 0.6 is 0 Å². The third-order valence-corrected chi connectivity index (χ3v) is 5.12. The average molecular weight is 415 g/mol. The molecular weight excluding hydrogens is 388 g/mol. The maximum absolute atomic E-state index is 12.4. The van der Waals surface area contributed by atoms with Gasteiger partial charge in [0.1, 0.15) is 5.75 Å². The summed E-state index contributed by atoms with van der Waals surface area (Å²) in [5.41, 5.74) is 4.88. The Labute approximate surface area is 181 Å². The number of nitrogens with one attached hydrogen (secondary N) is 3. The van der Waals surface area contributed by atoms with Crippen LogP contribution in [0.3, 0.4) is 0 Å². The Balaban J connectivity index is 1.32. The van der Waals surface area contributed by atoms with Crippen LogP contribution in [-0.2, 0) is 20.1 Å². The number of amides is 2. The van der Waals surface area contributed by atoms with Crippen LogP contribution in [0.1, 0.15) is 11.1 Å². The number of aryl methyl sites for hydroxylation is 1. The molecular formula is C25H26N4O2. The van der Waals surface area contributed by atoms with E-state index in [0.29, 0.717) is 6.54 Å². The first-order chi connectivity index (χ1) is 15.1. The lowest BCUT2D eigenvalue weighted by atomic mass is 10.2. The molecule has 0 atom stereocenters. The Morgan fingerprint density at radius 3 is 2.35 bits per heavy atom. The first-order valence-electron chi connectivity index (χ1n) is 10.2. The molecule has 0 spiro atoms. The summed E-state index contributed by atoms with van der Waals surface area (Å²) in [5, 5.41) is 10.3. The molecule has 0 aliphatic carbocycles. The molecule has 0 aliphatic heterocycles. The number of carbonyl (C=O) groups excluding carboxylic acids is 1. The van der Waals surface area contributed by atoms with Crippen LogP contribution < -0.4 is 20.7 Å². The maximum atomic E-state index is 12.4. The van der Waals surface area contributed by atoms with Gasteiger partial charge in [0, 0.05) is 48.6 Å². The van der Waals surface area contributed by atoms with E-state index in [1.165, 1.54) is 0 Å². The molecule has 6 heteroatoms. The van der Waals surface area contributed by atoms with E-state index >= 15 is 0 Å². The van der Waals surface area contributed by atoms with Gasteiger partial charge in [0.2, 0.25) is 0 Å². The molecule has 0 fully saturated rings. The lowest BCUT2D eigenvalue weighted by Crippen LogP contribution is -2.19. The molecule has 1 aromatic heterocycles. The van der Waals surface area contributed by atoms with Crippen molar-refractivity contribution in [2.24, 2.45) is 7.05 Å². The topological polar surface area (TPSA) is 67.3 Å². The molecule has 0 bridgehead atoms. The van der Waals surface area contributed by atoms with Gasteiger partial charge in [-0.15, -0.1) is 0 Å². The normalized spacial score (nSPS) is 10.8. The summed E-state index contributed by atoms with van der Waals surface area (Å²) < 4.78 is 7.31. The van der Waals surface area contributed by atoms with Crippen LogP contribution in [0, 0.1) is 0 Å². The second-order valence-electron chi connectivity index (χ2n) is 7.43. The second kappa shape index (κ2) is 9.36. The summed E-state index contributed by atoms with van der Waals surface area (Å²) >= 11 is 0. The number of ether oxygens (including phenoxy) is 1. The number of methoxy groups -OCH3 is 1. The van der Waals surface area contributed by atoms with Gasteiger partial charge in [0.05, 0.1) is 7.11 Å². The van der Waals surface area contributed by atoms with Crippen molar-refractivity contribution < 1.29 is 9.53 Å². The van der Waals surface area contributed by atoms with Crippen LogP contribution in [0.15, 0.2) is 79.0 Å². The number of carbonyl (C=O) groups is 1. The predicted molar refractivity (Wildman–Crippen MR) is 126 cm³/mol. The lowest BCUT2D eigenvalue weighted by Gasteiger charge is -2.10. The molecule has 158 valence electrons. The summed E-state index contributed by atoms with van der Waals surface area (Å²) in [6.07, 6.45) is 2.00. The molecule has 0 saturated carbocycles. The Kier molecular flexibility index (Phi) is 6.19. The SMILES string of the molecule is COc1cccc(CNCc2cccc(NC(=O)Nc3ccc4c(ccn4C)c3)c2)c1. The Hall–Kier alpha value is -3.77. The zero-order valence-corrected chi connectivity index (χ0v) is 17.7. The summed E-state index contributed by atoms with van der Waals surface area (Å²) in [6, 6.07) is 23.4. The molecule has 0 radical (unpaired) electrons. The van der Waals surface area contributed by atoms with Gasteiger partial charge < -0.3 is 25.3 Å². The third-order valence-electron chi connectivity index (χ3n) is 5.12. The molecule has 2 amide bonds. The summed E-state index contributed by atoms with van der Waals surface area (Å²) in [4.78, 5) is 12.4. The Morgan fingerprint density at radius 2 is 1.58 bits per heavy atom. The predicted octanol–water partition coefficient (Wildman–Crippen LogP) is 5.12. The number of hydrogen-bond acceptors (Lipinski definition) is 3. The standard InChI is InChI=1S/C25H26N4O2/c1-29-12-11-20-15-22(9-10-24(20)29)28-25(30)27-21-7-3-5-18(13-21)16-26-17-19-6-4-8-23(14-19)31-2/h3-15,26H,16-17H2,1-2H3,(H2,27,28,30). The van der Waals surface area contributed by atoms with Crippen molar-refractivity contribution >= 4 is 28.3 Å². The van der Waals surface area contributed by atoms with Gasteiger partial charge in [-0.25, -0.2) is 4.79 Å². The zero-order valence-electron chi connectivity index (χ0n) is 17.7. The van der Waals surface area contributed by atoms with Crippen LogP contribution in [0.25, 0.3) is 10.9 Å². The molecule has 31 heavy (non-hydrogen) atoms. The summed E-state index contributed by atoms with van der Waals surface area (Å²) in [6.45, 7) is 1.43. The van der Waals surface area contributed by atoms with Crippen molar-refractivity contribution in [2.75, 3.05) is 17.7 Å². The Morgan fingerprint density at radius 1 is 0.871 bits per heavy atom. The van der Waals surface area contributed by atoms with Crippen molar-refractivity contribution in [3.8, 4) is 5.75 Å². The van der Waals surface area contributed by atoms with Crippen molar-refractivity contribution in [3.05, 3.63) is 90.1 Å². The highest BCUT2D eigenvalue weighted by molar-refractivity contribution is 6.01. The summed E-state index contributed by atoms with van der Waals surface area (Å²) in [5.74, 6) is 0.850. The molecule has 0 saturated heterocycles. The van der Waals surface area contributed by atoms with Crippen LogP contribution in [0.5, 0.6) is 5.75 Å². The molecule has 4 rings (SSSR count). The van der Waals surface area contributed by atoms with Gasteiger partial charge in [0.25, 0.3) is 0 Å². The van der Waals surface area contributed by atoms with E-state index in [9.17, 15) is 4.79 Å². The highest BCUT2D eigenvalue weighted by Gasteiger charge is 2.06. The van der Waals surface area contributed by atoms with E-state index in [-0.39, 0.29) is 6.03 Å². The molecule has 3 N–H and O–H groups in total.